The van der Waals surface area contributed by atoms with Crippen LogP contribution in [0.1, 0.15) is 53.4 Å². The van der Waals surface area contributed by atoms with Gasteiger partial charge >= 0.3 is 0 Å². The zero-order valence-corrected chi connectivity index (χ0v) is 9.24. The van der Waals surface area contributed by atoms with Crippen LogP contribution >= 0.6 is 0 Å². The molecule has 1 aliphatic carbocycles. The summed E-state index contributed by atoms with van der Waals surface area (Å²) in [4.78, 5) is 10.8. The Bertz CT molecular complexity index is 246. The minimum Gasteiger partial charge on any atom is -0.300 e. The van der Waals surface area contributed by atoms with Crippen LogP contribution in [0.2, 0.25) is 0 Å². The van der Waals surface area contributed by atoms with Gasteiger partial charge in [0.1, 0.15) is 5.78 Å². The summed E-state index contributed by atoms with van der Waals surface area (Å²) in [7, 11) is 0. The highest BCUT2D eigenvalue weighted by Crippen LogP contribution is 2.43. The molecule has 0 aliphatic heterocycles. The van der Waals surface area contributed by atoms with E-state index < -0.39 is 0 Å². The molecule has 0 atom stereocenters. The van der Waals surface area contributed by atoms with Crippen molar-refractivity contribution in [2.45, 2.75) is 53.4 Å². The van der Waals surface area contributed by atoms with Crippen molar-refractivity contribution in [3.05, 3.63) is 11.1 Å². The van der Waals surface area contributed by atoms with E-state index in [4.69, 9.17) is 0 Å². The van der Waals surface area contributed by atoms with Gasteiger partial charge in [-0.2, -0.15) is 0 Å². The van der Waals surface area contributed by atoms with Crippen LogP contribution < -0.4 is 0 Å². The van der Waals surface area contributed by atoms with Crippen LogP contribution in [0.25, 0.3) is 0 Å². The molecule has 0 saturated heterocycles. The SMILES string of the molecule is CC(=O)CCC1=C(C)C(C)(C)CC1. The molecule has 1 rings (SSSR count). The summed E-state index contributed by atoms with van der Waals surface area (Å²) >= 11 is 0. The zero-order chi connectivity index (χ0) is 10.1. The maximum atomic E-state index is 10.8. The molecule has 1 aliphatic rings. The Morgan fingerprint density at radius 1 is 1.46 bits per heavy atom. The number of allylic oxidation sites excluding steroid dienone is 2. The minimum atomic E-state index is 0.310. The lowest BCUT2D eigenvalue weighted by molar-refractivity contribution is -0.116. The maximum Gasteiger partial charge on any atom is 0.130 e. The molecule has 74 valence electrons. The third-order valence-electron chi connectivity index (χ3n) is 3.38. The van der Waals surface area contributed by atoms with E-state index in [0.717, 1.165) is 12.8 Å². The Kier molecular flexibility index (Phi) is 2.94. The molecule has 0 heterocycles. The predicted octanol–water partition coefficient (Wildman–Crippen LogP) is 3.49. The molecule has 0 aromatic rings. The third kappa shape index (κ3) is 2.43. The van der Waals surface area contributed by atoms with E-state index >= 15 is 0 Å². The molecule has 0 aromatic heterocycles. The first-order chi connectivity index (χ1) is 5.93. The fraction of sp³-hybridized carbons (Fsp3) is 0.750. The lowest BCUT2D eigenvalue weighted by Crippen LogP contribution is -2.07. The summed E-state index contributed by atoms with van der Waals surface area (Å²) in [5.74, 6) is 0.310. The molecular weight excluding hydrogens is 160 g/mol. The maximum absolute atomic E-state index is 10.8. The number of carbonyl (C=O) groups excluding carboxylic acids is 1. The molecule has 0 fully saturated rings. The molecule has 0 spiro atoms. The predicted molar refractivity (Wildman–Crippen MR) is 55.6 cm³/mol. The van der Waals surface area contributed by atoms with Crippen molar-refractivity contribution in [3.63, 3.8) is 0 Å². The van der Waals surface area contributed by atoms with Crippen LogP contribution in [-0.2, 0) is 4.79 Å². The van der Waals surface area contributed by atoms with Crippen LogP contribution in [-0.4, -0.2) is 5.78 Å². The van der Waals surface area contributed by atoms with Crippen LogP contribution in [0.15, 0.2) is 11.1 Å². The Labute approximate surface area is 81.2 Å². The first kappa shape index (κ1) is 10.5. The second-order valence-electron chi connectivity index (χ2n) is 4.81. The highest BCUT2D eigenvalue weighted by Gasteiger charge is 2.28. The summed E-state index contributed by atoms with van der Waals surface area (Å²) in [5, 5.41) is 0. The molecule has 1 heteroatoms. The zero-order valence-electron chi connectivity index (χ0n) is 9.24. The largest absolute Gasteiger partial charge is 0.300 e. The normalized spacial score (nSPS) is 20.9. The van der Waals surface area contributed by atoms with Crippen LogP contribution in [0.5, 0.6) is 0 Å². The lowest BCUT2D eigenvalue weighted by atomic mass is 9.86. The van der Waals surface area contributed by atoms with E-state index in [1.807, 2.05) is 0 Å². The van der Waals surface area contributed by atoms with Gasteiger partial charge in [-0.15, -0.1) is 0 Å². The monoisotopic (exact) mass is 180 g/mol. The first-order valence-electron chi connectivity index (χ1n) is 5.12. The summed E-state index contributed by atoms with van der Waals surface area (Å²) in [6.45, 7) is 8.49. The van der Waals surface area contributed by atoms with Crippen LogP contribution in [0.3, 0.4) is 0 Å². The van der Waals surface area contributed by atoms with Crippen molar-refractivity contribution < 1.29 is 4.79 Å². The quantitative estimate of drug-likeness (QED) is 0.607. The molecule has 0 amide bonds. The smallest absolute Gasteiger partial charge is 0.130 e. The fourth-order valence-corrected chi connectivity index (χ4v) is 1.96. The molecule has 0 unspecified atom stereocenters. The second kappa shape index (κ2) is 3.65. The molecule has 0 bridgehead atoms. The van der Waals surface area contributed by atoms with Gasteiger partial charge in [0.05, 0.1) is 0 Å². The van der Waals surface area contributed by atoms with Crippen molar-refractivity contribution in [3.8, 4) is 0 Å². The number of ketones is 1. The molecular formula is C12H20O. The van der Waals surface area contributed by atoms with E-state index in [-0.39, 0.29) is 0 Å². The van der Waals surface area contributed by atoms with Gasteiger partial charge in [0.25, 0.3) is 0 Å². The van der Waals surface area contributed by atoms with Crippen LogP contribution in [0.4, 0.5) is 0 Å². The van der Waals surface area contributed by atoms with Gasteiger partial charge in [0, 0.05) is 6.42 Å². The summed E-state index contributed by atoms with van der Waals surface area (Å²) < 4.78 is 0. The van der Waals surface area contributed by atoms with E-state index in [1.54, 1.807) is 6.92 Å². The Balaban J connectivity index is 2.61. The van der Waals surface area contributed by atoms with Gasteiger partial charge in [0.2, 0.25) is 0 Å². The molecule has 0 N–H and O–H groups in total. The van der Waals surface area contributed by atoms with Gasteiger partial charge in [-0.25, -0.2) is 0 Å². The minimum absolute atomic E-state index is 0.310. The van der Waals surface area contributed by atoms with Gasteiger partial charge in [-0.05, 0) is 38.5 Å². The summed E-state index contributed by atoms with van der Waals surface area (Å²) in [6.07, 6.45) is 4.17. The molecule has 0 radical (unpaired) electrons. The molecule has 0 aromatic carbocycles. The van der Waals surface area contributed by atoms with E-state index in [2.05, 4.69) is 20.8 Å². The van der Waals surface area contributed by atoms with Gasteiger partial charge in [-0.3, -0.25) is 0 Å². The Morgan fingerprint density at radius 3 is 2.46 bits per heavy atom. The van der Waals surface area contributed by atoms with Crippen molar-refractivity contribution in [1.29, 1.82) is 0 Å². The topological polar surface area (TPSA) is 17.1 Å². The van der Waals surface area contributed by atoms with Gasteiger partial charge in [-0.1, -0.05) is 25.0 Å². The second-order valence-corrected chi connectivity index (χ2v) is 4.81. The standard InChI is InChI=1S/C12H20O/c1-9(13)5-6-11-7-8-12(3,4)10(11)2/h5-8H2,1-4H3. The number of hydrogen-bond donors (Lipinski definition) is 0. The van der Waals surface area contributed by atoms with E-state index in [9.17, 15) is 4.79 Å². The summed E-state index contributed by atoms with van der Waals surface area (Å²) in [6, 6.07) is 0. The highest BCUT2D eigenvalue weighted by molar-refractivity contribution is 5.75. The number of carbonyl (C=O) groups is 1. The van der Waals surface area contributed by atoms with Crippen molar-refractivity contribution in [1.82, 2.24) is 0 Å². The number of hydrogen-bond acceptors (Lipinski definition) is 1. The highest BCUT2D eigenvalue weighted by atomic mass is 16.1. The molecule has 13 heavy (non-hydrogen) atoms. The van der Waals surface area contributed by atoms with E-state index in [1.165, 1.54) is 24.0 Å². The Hall–Kier alpha value is -0.590. The average molecular weight is 180 g/mol. The Morgan fingerprint density at radius 2 is 2.08 bits per heavy atom. The fourth-order valence-electron chi connectivity index (χ4n) is 1.96. The number of rotatable bonds is 3. The van der Waals surface area contributed by atoms with Crippen LogP contribution in [0, 0.1) is 5.41 Å². The van der Waals surface area contributed by atoms with Crippen molar-refractivity contribution in [2.24, 2.45) is 5.41 Å². The van der Waals surface area contributed by atoms with Gasteiger partial charge < -0.3 is 4.79 Å². The third-order valence-corrected chi connectivity index (χ3v) is 3.38. The molecule has 1 nitrogen and oxygen atoms in total. The van der Waals surface area contributed by atoms with Gasteiger partial charge in [0.15, 0.2) is 0 Å². The van der Waals surface area contributed by atoms with Crippen molar-refractivity contribution in [2.75, 3.05) is 0 Å². The average Bonchev–Trinajstić information content (AvgIpc) is 2.25. The van der Waals surface area contributed by atoms with E-state index in [0.29, 0.717) is 11.2 Å². The lowest BCUT2D eigenvalue weighted by Gasteiger charge is -2.19. The first-order valence-corrected chi connectivity index (χ1v) is 5.12. The molecule has 0 saturated carbocycles. The number of Topliss-reactive ketones (excluding diaryl/α,β-unsaturated/α-hetero) is 1. The summed E-state index contributed by atoms with van der Waals surface area (Å²) in [5.41, 5.74) is 3.43. The van der Waals surface area contributed by atoms with Crippen molar-refractivity contribution >= 4 is 5.78 Å².